The summed E-state index contributed by atoms with van der Waals surface area (Å²) >= 11 is -4.64. The van der Waals surface area contributed by atoms with Crippen LogP contribution in [0.2, 0.25) is 0 Å². The van der Waals surface area contributed by atoms with E-state index >= 15 is 0 Å². The van der Waals surface area contributed by atoms with Crippen LogP contribution in [-0.4, -0.2) is 98.7 Å². The Labute approximate surface area is 107 Å². The Kier molecular flexibility index (Phi) is 29.2. The summed E-state index contributed by atoms with van der Waals surface area (Å²) in [5, 5.41) is 0. The second-order valence-corrected chi connectivity index (χ2v) is 0.742. The Morgan fingerprint density at radius 1 is 1.00 bits per heavy atom. The molecule has 0 aliphatic rings. The third kappa shape index (κ3) is 27.7. The molecule has 6 heteroatoms. The molecule has 0 aromatic heterocycles. The van der Waals surface area contributed by atoms with Gasteiger partial charge in [0.1, 0.15) is 0 Å². The Morgan fingerprint density at radius 2 is 1.00 bits per heavy atom. The molecular formula is H4AlCaF3Sr. The van der Waals surface area contributed by atoms with E-state index in [0.29, 0.717) is 0 Å². The van der Waals surface area contributed by atoms with Crippen LogP contribution in [0.4, 0.5) is 10.6 Å². The van der Waals surface area contributed by atoms with Crippen LogP contribution in [0, 0.1) is 0 Å². The van der Waals surface area contributed by atoms with Crippen LogP contribution >= 0.6 is 0 Å². The standard InChI is InChI=1S/Al.Ca.3FH.Sr.4H/h;;3*1H;;;;;/q+3;;;;;;;;;/p-3. The van der Waals surface area contributed by atoms with Crippen LogP contribution < -0.4 is 0 Å². The average molecular weight is 216 g/mol. The van der Waals surface area contributed by atoms with Crippen molar-refractivity contribution in [3.05, 3.63) is 0 Å². The molecule has 0 spiro atoms. The molecular weight excluding hydrogens is 212 g/mol. The maximum absolute atomic E-state index is 9.81. The summed E-state index contributed by atoms with van der Waals surface area (Å²) in [4.78, 5) is 0. The van der Waals surface area contributed by atoms with E-state index in [4.69, 9.17) is 0 Å². The molecule has 0 nitrogen and oxygen atoms in total. The second kappa shape index (κ2) is 10.9. The molecule has 0 unspecified atom stereocenters. The van der Waals surface area contributed by atoms with E-state index in [9.17, 15) is 10.6 Å². The Morgan fingerprint density at radius 3 is 1.00 bits per heavy atom. The Balaban J connectivity index is -0.0000000450. The van der Waals surface area contributed by atoms with E-state index in [-0.39, 0.29) is 83.2 Å². The summed E-state index contributed by atoms with van der Waals surface area (Å²) in [6, 6.07) is 0. The van der Waals surface area contributed by atoms with Gasteiger partial charge in [0.25, 0.3) is 0 Å². The molecule has 0 aliphatic carbocycles. The molecule has 32 valence electrons. The van der Waals surface area contributed by atoms with Gasteiger partial charge >= 0.3 is 98.7 Å². The zero-order chi connectivity index (χ0) is 3.58. The van der Waals surface area contributed by atoms with Crippen LogP contribution in [0.3, 0.4) is 0 Å². The quantitative estimate of drug-likeness (QED) is 0.457. The van der Waals surface area contributed by atoms with Gasteiger partial charge in [-0.2, -0.15) is 0 Å². The molecule has 0 aromatic rings. The molecule has 0 amide bonds. The minimum absolute atomic E-state index is 0. The number of hydrogen-bond acceptors (Lipinski definition) is 0. The van der Waals surface area contributed by atoms with Gasteiger partial charge < -0.3 is 10.6 Å². The molecule has 0 rings (SSSR count). The summed E-state index contributed by atoms with van der Waals surface area (Å²) in [7, 11) is 0. The number of hydrogen-bond donors (Lipinski definition) is 0. The average Bonchev–Trinajstić information content (AvgIpc) is 0.811. The van der Waals surface area contributed by atoms with Crippen molar-refractivity contribution < 1.29 is 10.6 Å². The SMILES string of the molecule is [CaH2].[F][Al]([F])[F].[SrH2]. The predicted octanol–water partition coefficient (Wildman–Crippen LogP) is -0.953. The summed E-state index contributed by atoms with van der Waals surface area (Å²) in [6.07, 6.45) is 0. The maximum atomic E-state index is 9.81. The summed E-state index contributed by atoms with van der Waals surface area (Å²) in [5.74, 6) is 0. The van der Waals surface area contributed by atoms with Crippen LogP contribution in [0.15, 0.2) is 0 Å². The van der Waals surface area contributed by atoms with Crippen molar-refractivity contribution in [1.29, 1.82) is 0 Å². The van der Waals surface area contributed by atoms with E-state index in [1.165, 1.54) is 0 Å². The van der Waals surface area contributed by atoms with Crippen molar-refractivity contribution in [2.24, 2.45) is 0 Å². The first-order chi connectivity index (χ1) is 1.73. The first-order valence-corrected chi connectivity index (χ1v) is 1.96. The van der Waals surface area contributed by atoms with Crippen molar-refractivity contribution in [3.63, 3.8) is 0 Å². The Hall–Kier alpha value is 3.06. The summed E-state index contributed by atoms with van der Waals surface area (Å²) in [5.41, 5.74) is 0. The van der Waals surface area contributed by atoms with E-state index in [0.717, 1.165) is 0 Å². The first kappa shape index (κ1) is 16.0. The zero-order valence-corrected chi connectivity index (χ0v) is 2.87. The third-order valence-corrected chi connectivity index (χ3v) is 0. The van der Waals surface area contributed by atoms with Gasteiger partial charge in [-0.1, -0.05) is 0 Å². The molecule has 0 saturated carbocycles. The van der Waals surface area contributed by atoms with Gasteiger partial charge in [0.2, 0.25) is 0 Å². The monoisotopic (exact) mass is 216 g/mol. The van der Waals surface area contributed by atoms with Crippen LogP contribution in [0.1, 0.15) is 0 Å². The van der Waals surface area contributed by atoms with Gasteiger partial charge in [0.05, 0.1) is 0 Å². The zero-order valence-electron chi connectivity index (χ0n) is 1.71. The Bertz CT molecular complexity index is 15.5. The van der Waals surface area contributed by atoms with Crippen molar-refractivity contribution >= 4 is 98.7 Å². The molecule has 0 radical (unpaired) electrons. The minimum atomic E-state index is -4.64. The topological polar surface area (TPSA) is 0 Å². The normalized spacial score (nSPS) is 4.50. The van der Waals surface area contributed by atoms with Gasteiger partial charge in [0, 0.05) is 0 Å². The molecule has 0 bridgehead atoms. The predicted molar refractivity (Wildman–Crippen MR) is 26.2 cm³/mol. The summed E-state index contributed by atoms with van der Waals surface area (Å²) < 4.78 is 29.4. The van der Waals surface area contributed by atoms with Gasteiger partial charge in [0.15, 0.2) is 0 Å². The molecule has 0 fully saturated rings. The van der Waals surface area contributed by atoms with Gasteiger partial charge in [-0.3, -0.25) is 0 Å². The van der Waals surface area contributed by atoms with Crippen molar-refractivity contribution in [1.82, 2.24) is 0 Å². The van der Waals surface area contributed by atoms with E-state index < -0.39 is 15.5 Å². The van der Waals surface area contributed by atoms with Crippen molar-refractivity contribution in [3.8, 4) is 0 Å². The first-order valence-electron chi connectivity index (χ1n) is 0.655. The van der Waals surface area contributed by atoms with Gasteiger partial charge in [-0.15, -0.1) is 0 Å². The molecule has 0 aliphatic heterocycles. The second-order valence-electron chi connectivity index (χ2n) is 0.247. The van der Waals surface area contributed by atoms with Crippen molar-refractivity contribution in [2.45, 2.75) is 0 Å². The third-order valence-electron chi connectivity index (χ3n) is 0. The van der Waals surface area contributed by atoms with Crippen molar-refractivity contribution in [2.75, 3.05) is 0 Å². The number of halogens is 3. The van der Waals surface area contributed by atoms with Crippen LogP contribution in [-0.2, 0) is 0 Å². The fraction of sp³-hybridized carbons (Fsp3) is 0. The molecule has 0 aromatic carbocycles. The fourth-order valence-corrected chi connectivity index (χ4v) is 0. The van der Waals surface area contributed by atoms with Gasteiger partial charge in [-0.05, 0) is 0 Å². The molecule has 0 heterocycles. The van der Waals surface area contributed by atoms with E-state index in [2.05, 4.69) is 0 Å². The molecule has 0 N–H and O–H groups in total. The molecule has 0 saturated heterocycles. The van der Waals surface area contributed by atoms with E-state index in [1.807, 2.05) is 0 Å². The van der Waals surface area contributed by atoms with Gasteiger partial charge in [-0.25, -0.2) is 0 Å². The molecule has 6 heavy (non-hydrogen) atoms. The fourth-order valence-electron chi connectivity index (χ4n) is 0. The van der Waals surface area contributed by atoms with Crippen LogP contribution in [0.25, 0.3) is 0 Å². The summed E-state index contributed by atoms with van der Waals surface area (Å²) in [6.45, 7) is 0. The van der Waals surface area contributed by atoms with Crippen LogP contribution in [0.5, 0.6) is 0 Å². The molecule has 0 atom stereocenters. The van der Waals surface area contributed by atoms with E-state index in [1.54, 1.807) is 0 Å². The number of rotatable bonds is 0.